The molecule has 1 fully saturated rings. The zero-order valence-electron chi connectivity index (χ0n) is 22.3. The van der Waals surface area contributed by atoms with Gasteiger partial charge < -0.3 is 9.72 Å². The van der Waals surface area contributed by atoms with Crippen molar-refractivity contribution >= 4 is 10.9 Å². The lowest BCUT2D eigenvalue weighted by Crippen LogP contribution is -2.41. The number of fused-ring (bicyclic) bond motifs is 1. The molecule has 35 heavy (non-hydrogen) atoms. The molecule has 8 heteroatoms. The molecule has 1 N–H and O–H groups in total. The van der Waals surface area contributed by atoms with Gasteiger partial charge in [0.2, 0.25) is 0 Å². The molecule has 1 aromatic carbocycles. The normalized spacial score (nSPS) is 17.7. The fraction of sp³-hybridized carbons (Fsp3) is 0.630. The van der Waals surface area contributed by atoms with Gasteiger partial charge in [-0.25, -0.2) is 4.68 Å². The topological polar surface area (TPSA) is 88.9 Å². The summed E-state index contributed by atoms with van der Waals surface area (Å²) in [7, 11) is 0. The highest BCUT2D eigenvalue weighted by molar-refractivity contribution is 5.83. The third kappa shape index (κ3) is 5.33. The second-order valence-electron chi connectivity index (χ2n) is 11.0. The maximum absolute atomic E-state index is 13.2. The van der Waals surface area contributed by atoms with E-state index < -0.39 is 0 Å². The van der Waals surface area contributed by atoms with Gasteiger partial charge >= 0.3 is 0 Å². The van der Waals surface area contributed by atoms with Gasteiger partial charge in [-0.1, -0.05) is 26.8 Å². The SMILES string of the molecule is CCC(C)(C)n1nnnc1[C@@H](C(C)C)N(Cc1cc2c(C)cc(C)cc2[nH]c1=O)C[C@@H]1CCCO1. The third-order valence-electron chi connectivity index (χ3n) is 7.45. The molecule has 4 rings (SSSR count). The molecule has 0 unspecified atom stereocenters. The van der Waals surface area contributed by atoms with Crippen molar-refractivity contribution in [1.82, 2.24) is 30.1 Å². The first-order valence-corrected chi connectivity index (χ1v) is 12.9. The number of pyridine rings is 1. The van der Waals surface area contributed by atoms with Crippen LogP contribution in [0.5, 0.6) is 0 Å². The number of hydrogen-bond acceptors (Lipinski definition) is 6. The van der Waals surface area contributed by atoms with Gasteiger partial charge in [0.15, 0.2) is 5.82 Å². The number of aryl methyl sites for hydroxylation is 2. The minimum absolute atomic E-state index is 0.0455. The second-order valence-corrected chi connectivity index (χ2v) is 11.0. The predicted molar refractivity (Wildman–Crippen MR) is 138 cm³/mol. The minimum atomic E-state index is -0.211. The molecule has 0 amide bonds. The van der Waals surface area contributed by atoms with E-state index in [1.54, 1.807) is 0 Å². The summed E-state index contributed by atoms with van der Waals surface area (Å²) >= 11 is 0. The zero-order chi connectivity index (χ0) is 25.3. The summed E-state index contributed by atoms with van der Waals surface area (Å²) in [6.07, 6.45) is 3.15. The highest BCUT2D eigenvalue weighted by atomic mass is 16.5. The van der Waals surface area contributed by atoms with Crippen molar-refractivity contribution in [2.45, 2.75) is 92.0 Å². The average molecular weight is 481 g/mol. The highest BCUT2D eigenvalue weighted by Crippen LogP contribution is 2.33. The summed E-state index contributed by atoms with van der Waals surface area (Å²) in [6, 6.07) is 6.19. The number of tetrazole rings is 1. The van der Waals surface area contributed by atoms with Gasteiger partial charge in [-0.3, -0.25) is 9.69 Å². The lowest BCUT2D eigenvalue weighted by atomic mass is 9.96. The van der Waals surface area contributed by atoms with Crippen molar-refractivity contribution in [3.05, 3.63) is 51.1 Å². The van der Waals surface area contributed by atoms with Crippen molar-refractivity contribution in [1.29, 1.82) is 0 Å². The molecule has 1 saturated heterocycles. The van der Waals surface area contributed by atoms with E-state index in [0.717, 1.165) is 65.8 Å². The molecule has 2 atom stereocenters. The Balaban J connectivity index is 1.78. The van der Waals surface area contributed by atoms with Gasteiger partial charge in [0.05, 0.1) is 17.7 Å². The summed E-state index contributed by atoms with van der Waals surface area (Å²) in [4.78, 5) is 18.7. The lowest BCUT2D eigenvalue weighted by Gasteiger charge is -2.36. The highest BCUT2D eigenvalue weighted by Gasteiger charge is 2.35. The maximum atomic E-state index is 13.2. The van der Waals surface area contributed by atoms with Crippen LogP contribution in [0.25, 0.3) is 10.9 Å². The van der Waals surface area contributed by atoms with Crippen LogP contribution in [0.3, 0.4) is 0 Å². The summed E-state index contributed by atoms with van der Waals surface area (Å²) < 4.78 is 8.00. The van der Waals surface area contributed by atoms with E-state index in [0.29, 0.717) is 6.54 Å². The molecule has 190 valence electrons. The fourth-order valence-corrected chi connectivity index (χ4v) is 5.22. The van der Waals surface area contributed by atoms with Crippen LogP contribution in [0.1, 0.15) is 82.4 Å². The number of aromatic nitrogens is 5. The summed E-state index contributed by atoms with van der Waals surface area (Å²) in [5, 5.41) is 14.1. The Bertz CT molecular complexity index is 1220. The van der Waals surface area contributed by atoms with Gasteiger partial charge in [-0.15, -0.1) is 5.10 Å². The first kappa shape index (κ1) is 25.5. The van der Waals surface area contributed by atoms with E-state index in [1.807, 2.05) is 10.7 Å². The van der Waals surface area contributed by atoms with Gasteiger partial charge in [0.25, 0.3) is 5.56 Å². The number of H-pyrrole nitrogens is 1. The van der Waals surface area contributed by atoms with E-state index in [2.05, 4.69) is 86.0 Å². The minimum Gasteiger partial charge on any atom is -0.377 e. The molecule has 1 aliphatic heterocycles. The van der Waals surface area contributed by atoms with Crippen LogP contribution in [0.2, 0.25) is 0 Å². The number of benzene rings is 1. The van der Waals surface area contributed by atoms with Gasteiger partial charge in [0, 0.05) is 36.2 Å². The number of aromatic amines is 1. The monoisotopic (exact) mass is 480 g/mol. The molecule has 0 aliphatic carbocycles. The molecular formula is C27H40N6O2. The molecule has 1 aliphatic rings. The first-order chi connectivity index (χ1) is 16.6. The van der Waals surface area contributed by atoms with Gasteiger partial charge in [-0.05, 0) is 86.6 Å². The number of nitrogens with one attached hydrogen (secondary N) is 1. The summed E-state index contributed by atoms with van der Waals surface area (Å²) in [5.74, 6) is 1.08. The van der Waals surface area contributed by atoms with Crippen molar-refractivity contribution in [3.63, 3.8) is 0 Å². The van der Waals surface area contributed by atoms with Crippen LogP contribution in [-0.4, -0.2) is 49.3 Å². The number of rotatable bonds is 9. The Morgan fingerprint density at radius 2 is 2.03 bits per heavy atom. The van der Waals surface area contributed by atoms with Crippen LogP contribution >= 0.6 is 0 Å². The van der Waals surface area contributed by atoms with E-state index in [9.17, 15) is 4.79 Å². The summed E-state index contributed by atoms with van der Waals surface area (Å²) in [5.41, 5.74) is 3.69. The van der Waals surface area contributed by atoms with Crippen LogP contribution in [0, 0.1) is 19.8 Å². The van der Waals surface area contributed by atoms with E-state index in [-0.39, 0.29) is 29.2 Å². The van der Waals surface area contributed by atoms with E-state index >= 15 is 0 Å². The molecule has 3 heterocycles. The third-order valence-corrected chi connectivity index (χ3v) is 7.45. The molecule has 0 bridgehead atoms. The molecule has 8 nitrogen and oxygen atoms in total. The maximum Gasteiger partial charge on any atom is 0.252 e. The molecule has 2 aromatic heterocycles. The Kier molecular flexibility index (Phi) is 7.43. The molecule has 3 aromatic rings. The van der Waals surface area contributed by atoms with Crippen molar-refractivity contribution in [2.75, 3.05) is 13.2 Å². The Labute approximate surface area is 208 Å². The van der Waals surface area contributed by atoms with Crippen LogP contribution in [-0.2, 0) is 16.8 Å². The standard InChI is InChI=1S/C27H40N6O2/c1-8-27(6,7)33-25(29-30-31-33)24(17(2)3)32(16-21-10-9-11-35-21)15-20-14-22-19(5)12-18(4)13-23(22)28-26(20)34/h12-14,17,21,24H,8-11,15-16H2,1-7H3,(H,28,34)/t21-,24+/m0/s1. The van der Waals surface area contributed by atoms with E-state index in [1.165, 1.54) is 0 Å². The van der Waals surface area contributed by atoms with E-state index in [4.69, 9.17) is 4.74 Å². The molecule has 0 saturated carbocycles. The molecule has 0 spiro atoms. The summed E-state index contributed by atoms with van der Waals surface area (Å²) in [6.45, 7) is 17.0. The molecular weight excluding hydrogens is 440 g/mol. The Morgan fingerprint density at radius 3 is 2.69 bits per heavy atom. The molecule has 0 radical (unpaired) electrons. The number of hydrogen-bond donors (Lipinski definition) is 1. The van der Waals surface area contributed by atoms with Crippen LogP contribution in [0.4, 0.5) is 0 Å². The number of nitrogens with zero attached hydrogens (tertiary/aromatic N) is 5. The second kappa shape index (κ2) is 10.2. The van der Waals surface area contributed by atoms with Crippen LogP contribution in [0.15, 0.2) is 23.0 Å². The van der Waals surface area contributed by atoms with Gasteiger partial charge in [0.1, 0.15) is 0 Å². The lowest BCUT2D eigenvalue weighted by molar-refractivity contribution is 0.0368. The number of ether oxygens (including phenoxy) is 1. The zero-order valence-corrected chi connectivity index (χ0v) is 22.3. The van der Waals surface area contributed by atoms with Crippen LogP contribution < -0.4 is 5.56 Å². The first-order valence-electron chi connectivity index (χ1n) is 12.9. The Hall–Kier alpha value is -2.58. The fourth-order valence-electron chi connectivity index (χ4n) is 5.22. The van der Waals surface area contributed by atoms with Crippen molar-refractivity contribution in [3.8, 4) is 0 Å². The quantitative estimate of drug-likeness (QED) is 0.479. The Morgan fingerprint density at radius 1 is 1.26 bits per heavy atom. The largest absolute Gasteiger partial charge is 0.377 e. The van der Waals surface area contributed by atoms with Crippen molar-refractivity contribution < 1.29 is 4.74 Å². The predicted octanol–water partition coefficient (Wildman–Crippen LogP) is 4.65. The van der Waals surface area contributed by atoms with Gasteiger partial charge in [-0.2, -0.15) is 0 Å². The smallest absolute Gasteiger partial charge is 0.252 e. The average Bonchev–Trinajstić information content (AvgIpc) is 3.47. The van der Waals surface area contributed by atoms with Crippen molar-refractivity contribution in [2.24, 2.45) is 5.92 Å².